The Morgan fingerprint density at radius 3 is 2.67 bits per heavy atom. The van der Waals surface area contributed by atoms with Gasteiger partial charge in [0.15, 0.2) is 0 Å². The third-order valence-electron chi connectivity index (χ3n) is 5.91. The minimum atomic E-state index is -0.959. The molecule has 0 aromatic heterocycles. The number of piperidine rings is 1. The summed E-state index contributed by atoms with van der Waals surface area (Å²) in [5.74, 6) is -1.96. The minimum Gasteiger partial charge on any atom is -0.381 e. The molecular weight excluding hydrogens is 384 g/mol. The number of hydrogen-bond acceptors (Lipinski definition) is 6. The van der Waals surface area contributed by atoms with Crippen LogP contribution in [0.1, 0.15) is 50.2 Å². The number of nitrogens with one attached hydrogen (secondary N) is 3. The van der Waals surface area contributed by atoms with E-state index in [1.165, 1.54) is 11.1 Å². The van der Waals surface area contributed by atoms with Crippen LogP contribution in [0.15, 0.2) is 36.4 Å². The van der Waals surface area contributed by atoms with Gasteiger partial charge in [0.05, 0.1) is 11.1 Å². The van der Waals surface area contributed by atoms with Crippen LogP contribution in [0.4, 0.5) is 5.69 Å². The van der Waals surface area contributed by atoms with Gasteiger partial charge in [-0.15, -0.1) is 0 Å². The lowest BCUT2D eigenvalue weighted by atomic mass is 10.0. The number of hydrogen-bond donors (Lipinski definition) is 3. The second kappa shape index (κ2) is 7.07. The van der Waals surface area contributed by atoms with Crippen molar-refractivity contribution in [1.82, 2.24) is 15.5 Å². The van der Waals surface area contributed by atoms with Crippen molar-refractivity contribution >= 4 is 29.3 Å². The molecule has 0 spiro atoms. The summed E-state index contributed by atoms with van der Waals surface area (Å²) in [5, 5.41) is 8.93. The Bertz CT molecular complexity index is 1110. The van der Waals surface area contributed by atoms with Crippen LogP contribution in [0.3, 0.4) is 0 Å². The lowest BCUT2D eigenvalue weighted by Crippen LogP contribution is -2.54. The molecule has 0 saturated carbocycles. The zero-order valence-corrected chi connectivity index (χ0v) is 16.2. The van der Waals surface area contributed by atoms with Gasteiger partial charge in [-0.2, -0.15) is 0 Å². The van der Waals surface area contributed by atoms with Gasteiger partial charge in [-0.25, -0.2) is 0 Å². The number of benzene rings is 2. The molecule has 0 aliphatic carbocycles. The summed E-state index contributed by atoms with van der Waals surface area (Å²) in [7, 11) is 0. The Labute approximate surface area is 172 Å². The summed E-state index contributed by atoms with van der Waals surface area (Å²) in [6.07, 6.45) is 0.248. The standard InChI is InChI=1S/C22H20N4O4/c27-18-8-7-17(20(28)25-18)26-21(29)14-5-1-4-13(19(14)22(26)30)10-24-16-6-2-3-12-9-23-11-15(12)16/h1-6,17,23-24H,7-11H2,(H,25,27,28). The fourth-order valence-corrected chi connectivity index (χ4v) is 4.42. The van der Waals surface area contributed by atoms with E-state index in [0.29, 0.717) is 23.2 Å². The molecule has 1 saturated heterocycles. The number of carbonyl (C=O) groups is 4. The first-order valence-corrected chi connectivity index (χ1v) is 9.93. The maximum Gasteiger partial charge on any atom is 0.262 e. The fourth-order valence-electron chi connectivity index (χ4n) is 4.42. The molecule has 1 atom stereocenters. The number of anilines is 1. The Hall–Kier alpha value is -3.52. The maximum absolute atomic E-state index is 13.2. The zero-order valence-electron chi connectivity index (χ0n) is 16.2. The van der Waals surface area contributed by atoms with Gasteiger partial charge in [0.25, 0.3) is 11.8 Å². The van der Waals surface area contributed by atoms with Gasteiger partial charge in [0.2, 0.25) is 11.8 Å². The predicted molar refractivity (Wildman–Crippen MR) is 107 cm³/mol. The lowest BCUT2D eigenvalue weighted by molar-refractivity contribution is -0.136. The summed E-state index contributed by atoms with van der Waals surface area (Å²) in [6, 6.07) is 10.3. The first-order chi connectivity index (χ1) is 14.5. The lowest BCUT2D eigenvalue weighted by Gasteiger charge is -2.27. The third-order valence-corrected chi connectivity index (χ3v) is 5.91. The second-order valence-electron chi connectivity index (χ2n) is 7.69. The van der Waals surface area contributed by atoms with E-state index in [-0.39, 0.29) is 18.7 Å². The van der Waals surface area contributed by atoms with Crippen LogP contribution < -0.4 is 16.0 Å². The van der Waals surface area contributed by atoms with Crippen LogP contribution >= 0.6 is 0 Å². The van der Waals surface area contributed by atoms with E-state index in [2.05, 4.69) is 22.0 Å². The molecule has 3 aliphatic heterocycles. The molecule has 3 N–H and O–H groups in total. The van der Waals surface area contributed by atoms with E-state index >= 15 is 0 Å². The summed E-state index contributed by atoms with van der Waals surface area (Å²) in [4.78, 5) is 50.8. The van der Waals surface area contributed by atoms with Crippen molar-refractivity contribution in [2.24, 2.45) is 0 Å². The quantitative estimate of drug-likeness (QED) is 0.663. The van der Waals surface area contributed by atoms with E-state index < -0.39 is 23.8 Å². The van der Waals surface area contributed by atoms with Crippen molar-refractivity contribution < 1.29 is 19.2 Å². The zero-order chi connectivity index (χ0) is 20.8. The van der Waals surface area contributed by atoms with Crippen molar-refractivity contribution in [1.29, 1.82) is 0 Å². The van der Waals surface area contributed by atoms with E-state index in [9.17, 15) is 19.2 Å². The van der Waals surface area contributed by atoms with Crippen LogP contribution in [0.25, 0.3) is 0 Å². The van der Waals surface area contributed by atoms with E-state index in [1.54, 1.807) is 12.1 Å². The number of rotatable bonds is 4. The molecule has 3 aliphatic rings. The molecule has 4 amide bonds. The molecule has 152 valence electrons. The number of nitrogens with zero attached hydrogens (tertiary/aromatic N) is 1. The van der Waals surface area contributed by atoms with Crippen LogP contribution in [-0.4, -0.2) is 34.6 Å². The molecule has 2 aromatic carbocycles. The molecule has 2 aromatic rings. The monoisotopic (exact) mass is 404 g/mol. The Balaban J connectivity index is 1.42. The Morgan fingerprint density at radius 2 is 1.83 bits per heavy atom. The molecule has 1 unspecified atom stereocenters. The number of carbonyl (C=O) groups excluding carboxylic acids is 4. The molecule has 8 nitrogen and oxygen atoms in total. The largest absolute Gasteiger partial charge is 0.381 e. The number of fused-ring (bicyclic) bond motifs is 2. The third kappa shape index (κ3) is 2.88. The fraction of sp³-hybridized carbons (Fsp3) is 0.273. The van der Waals surface area contributed by atoms with Gasteiger partial charge < -0.3 is 10.6 Å². The highest BCUT2D eigenvalue weighted by atomic mass is 16.2. The molecular formula is C22H20N4O4. The normalized spacial score (nSPS) is 20.3. The van der Waals surface area contributed by atoms with Crippen molar-refractivity contribution in [3.8, 4) is 0 Å². The van der Waals surface area contributed by atoms with Crippen molar-refractivity contribution in [3.63, 3.8) is 0 Å². The average Bonchev–Trinajstić information content (AvgIpc) is 3.31. The summed E-state index contributed by atoms with van der Waals surface area (Å²) in [6.45, 7) is 1.99. The smallest absolute Gasteiger partial charge is 0.262 e. The Morgan fingerprint density at radius 1 is 1.00 bits per heavy atom. The molecule has 0 bridgehead atoms. The van der Waals surface area contributed by atoms with Crippen LogP contribution in [0.5, 0.6) is 0 Å². The molecule has 8 heteroatoms. The molecule has 30 heavy (non-hydrogen) atoms. The summed E-state index contributed by atoms with van der Waals surface area (Å²) >= 11 is 0. The Kier molecular flexibility index (Phi) is 4.36. The SMILES string of the molecule is O=C1CCC(N2C(=O)c3cccc(CNc4cccc5c4CNC5)c3C2=O)C(=O)N1. The molecule has 1 fully saturated rings. The number of imide groups is 2. The summed E-state index contributed by atoms with van der Waals surface area (Å²) < 4.78 is 0. The van der Waals surface area contributed by atoms with Crippen LogP contribution in [-0.2, 0) is 29.2 Å². The highest BCUT2D eigenvalue weighted by molar-refractivity contribution is 6.24. The van der Waals surface area contributed by atoms with E-state index in [4.69, 9.17) is 0 Å². The van der Waals surface area contributed by atoms with E-state index in [0.717, 1.165) is 23.7 Å². The van der Waals surface area contributed by atoms with Gasteiger partial charge in [0, 0.05) is 31.7 Å². The maximum atomic E-state index is 13.2. The predicted octanol–water partition coefficient (Wildman–Crippen LogP) is 1.30. The topological polar surface area (TPSA) is 108 Å². The highest BCUT2D eigenvalue weighted by Crippen LogP contribution is 2.31. The average molecular weight is 404 g/mol. The van der Waals surface area contributed by atoms with Gasteiger partial charge in [-0.3, -0.25) is 29.4 Å². The van der Waals surface area contributed by atoms with Crippen LogP contribution in [0.2, 0.25) is 0 Å². The molecule has 0 radical (unpaired) electrons. The van der Waals surface area contributed by atoms with Crippen molar-refractivity contribution in [2.45, 2.75) is 38.5 Å². The van der Waals surface area contributed by atoms with Gasteiger partial charge in [-0.05, 0) is 35.2 Å². The van der Waals surface area contributed by atoms with Gasteiger partial charge >= 0.3 is 0 Å². The van der Waals surface area contributed by atoms with Crippen molar-refractivity contribution in [3.05, 3.63) is 64.2 Å². The van der Waals surface area contributed by atoms with Gasteiger partial charge in [0.1, 0.15) is 6.04 Å². The highest BCUT2D eigenvalue weighted by Gasteiger charge is 2.45. The number of amides is 4. The summed E-state index contributed by atoms with van der Waals surface area (Å²) in [5.41, 5.74) is 4.76. The first kappa shape index (κ1) is 18.5. The molecule has 3 heterocycles. The first-order valence-electron chi connectivity index (χ1n) is 9.93. The molecule has 5 rings (SSSR count). The van der Waals surface area contributed by atoms with Crippen molar-refractivity contribution in [2.75, 3.05) is 5.32 Å². The van der Waals surface area contributed by atoms with E-state index in [1.807, 2.05) is 18.2 Å². The van der Waals surface area contributed by atoms with Gasteiger partial charge in [-0.1, -0.05) is 24.3 Å². The van der Waals surface area contributed by atoms with Crippen LogP contribution in [0, 0.1) is 0 Å². The second-order valence-corrected chi connectivity index (χ2v) is 7.69. The minimum absolute atomic E-state index is 0.103.